The normalized spacial score (nSPS) is 17.2. The van der Waals surface area contributed by atoms with E-state index in [9.17, 15) is 0 Å². The minimum Gasteiger partial charge on any atom is -0.239 e. The molecule has 2 nitrogen and oxygen atoms in total. The Morgan fingerprint density at radius 2 is 2.20 bits per heavy atom. The van der Waals surface area contributed by atoms with Gasteiger partial charge in [0.05, 0.1) is 5.04 Å². The number of nitrogens with zero attached hydrogens (tertiary/aromatic N) is 2. The van der Waals surface area contributed by atoms with E-state index in [0.717, 1.165) is 10.7 Å². The lowest BCUT2D eigenvalue weighted by molar-refractivity contribution is 0.769. The van der Waals surface area contributed by atoms with Crippen LogP contribution in [0.2, 0.25) is 0 Å². The Morgan fingerprint density at radius 1 is 1.50 bits per heavy atom. The molecule has 54 valence electrons. The minimum absolute atomic E-state index is 0.430. The molecule has 0 bridgehead atoms. The van der Waals surface area contributed by atoms with Gasteiger partial charge in [-0.2, -0.15) is 4.40 Å². The van der Waals surface area contributed by atoms with E-state index in [4.69, 9.17) is 0 Å². The second kappa shape index (κ2) is 3.04. The molecular weight excluding hydrogens is 144 g/mol. The molecule has 0 amide bonds. The van der Waals surface area contributed by atoms with Gasteiger partial charge >= 0.3 is 0 Å². The summed E-state index contributed by atoms with van der Waals surface area (Å²) in [6.45, 7) is 6.13. The van der Waals surface area contributed by atoms with Crippen molar-refractivity contribution in [2.24, 2.45) is 15.3 Å². The summed E-state index contributed by atoms with van der Waals surface area (Å²) in [5.41, 5.74) is 0.955. The highest BCUT2D eigenvalue weighted by molar-refractivity contribution is 8.12. The zero-order valence-corrected chi connectivity index (χ0v) is 7.20. The molecule has 0 atom stereocenters. The van der Waals surface area contributed by atoms with Gasteiger partial charge in [0.1, 0.15) is 5.70 Å². The first kappa shape index (κ1) is 7.58. The van der Waals surface area contributed by atoms with Crippen molar-refractivity contribution >= 4 is 22.9 Å². The van der Waals surface area contributed by atoms with E-state index >= 15 is 0 Å². The van der Waals surface area contributed by atoms with E-state index in [-0.39, 0.29) is 0 Å². The summed E-state index contributed by atoms with van der Waals surface area (Å²) in [6, 6.07) is 0. The number of hydrogen-bond donors (Lipinski definition) is 0. The molecule has 0 radical (unpaired) electrons. The summed E-state index contributed by atoms with van der Waals surface area (Å²) in [6.07, 6.45) is 0. The van der Waals surface area contributed by atoms with E-state index in [2.05, 4.69) is 29.1 Å². The van der Waals surface area contributed by atoms with Crippen LogP contribution < -0.4 is 0 Å². The molecule has 0 fully saturated rings. The minimum atomic E-state index is 0.430. The Balaban J connectivity index is 2.86. The van der Waals surface area contributed by atoms with Crippen molar-refractivity contribution < 1.29 is 0 Å². The van der Waals surface area contributed by atoms with Gasteiger partial charge in [0.2, 0.25) is 0 Å². The maximum Gasteiger partial charge on any atom is 0.106 e. The summed E-state index contributed by atoms with van der Waals surface area (Å²) in [5, 5.41) is 1.00. The highest BCUT2D eigenvalue weighted by Crippen LogP contribution is 2.16. The van der Waals surface area contributed by atoms with Crippen LogP contribution in [0.5, 0.6) is 0 Å². The topological polar surface area (TPSA) is 24.7 Å². The molecule has 0 unspecified atom stereocenters. The third-order valence-electron chi connectivity index (χ3n) is 1.16. The summed E-state index contributed by atoms with van der Waals surface area (Å²) in [5.74, 6) is 3.30. The van der Waals surface area contributed by atoms with E-state index < -0.39 is 0 Å². The maximum absolute atomic E-state index is 4.27. The van der Waals surface area contributed by atoms with Crippen LogP contribution in [0.15, 0.2) is 15.1 Å². The zero-order chi connectivity index (χ0) is 7.56. The van der Waals surface area contributed by atoms with Crippen LogP contribution in [0.25, 0.3) is 0 Å². The van der Waals surface area contributed by atoms with E-state index in [1.807, 2.05) is 6.92 Å². The van der Waals surface area contributed by atoms with Crippen LogP contribution in [0.3, 0.4) is 0 Å². The lowest BCUT2D eigenvalue weighted by Gasteiger charge is -2.04. The smallest absolute Gasteiger partial charge is 0.106 e. The van der Waals surface area contributed by atoms with Crippen molar-refractivity contribution in [2.75, 3.05) is 0 Å². The Kier molecular flexibility index (Phi) is 2.30. The van der Waals surface area contributed by atoms with Crippen LogP contribution in [-0.4, -0.2) is 10.9 Å². The standard InChI is InChI=1S/C7H10N2S/c1-5(2)7-4-8-10-6(3)9-7/h5H,1-3H3. The SMILES string of the molecule is CC1=NC(C(C)C)=C=NS1. The Hall–Kier alpha value is -0.530. The van der Waals surface area contributed by atoms with Gasteiger partial charge in [0, 0.05) is 23.7 Å². The molecule has 1 aliphatic rings. The first-order valence-electron chi connectivity index (χ1n) is 3.25. The average molecular weight is 154 g/mol. The van der Waals surface area contributed by atoms with Crippen molar-refractivity contribution in [1.82, 2.24) is 0 Å². The third kappa shape index (κ3) is 1.72. The van der Waals surface area contributed by atoms with Gasteiger partial charge < -0.3 is 0 Å². The van der Waals surface area contributed by atoms with Crippen LogP contribution >= 0.6 is 11.9 Å². The van der Waals surface area contributed by atoms with Gasteiger partial charge in [0.25, 0.3) is 0 Å². The monoisotopic (exact) mass is 154 g/mol. The van der Waals surface area contributed by atoms with Crippen LogP contribution in [0.1, 0.15) is 20.8 Å². The molecule has 1 aliphatic heterocycles. The van der Waals surface area contributed by atoms with Gasteiger partial charge in [-0.25, -0.2) is 4.99 Å². The molecule has 0 aromatic heterocycles. The predicted octanol–water partition coefficient (Wildman–Crippen LogP) is 2.28. The fourth-order valence-electron chi connectivity index (χ4n) is 0.609. The highest BCUT2D eigenvalue weighted by atomic mass is 32.2. The Morgan fingerprint density at radius 3 is 2.60 bits per heavy atom. The Labute approximate surface area is 65.3 Å². The predicted molar refractivity (Wildman–Crippen MR) is 46.5 cm³/mol. The maximum atomic E-state index is 4.27. The van der Waals surface area contributed by atoms with E-state index in [1.54, 1.807) is 0 Å². The van der Waals surface area contributed by atoms with Gasteiger partial charge in [0.15, 0.2) is 0 Å². The fraction of sp³-hybridized carbons (Fsp3) is 0.571. The molecule has 0 saturated heterocycles. The molecule has 1 heterocycles. The first-order chi connectivity index (χ1) is 4.70. The summed E-state index contributed by atoms with van der Waals surface area (Å²) in [7, 11) is 0. The first-order valence-corrected chi connectivity index (χ1v) is 4.02. The van der Waals surface area contributed by atoms with Gasteiger partial charge in [-0.3, -0.25) is 0 Å². The van der Waals surface area contributed by atoms with E-state index in [0.29, 0.717) is 5.92 Å². The molecule has 10 heavy (non-hydrogen) atoms. The van der Waals surface area contributed by atoms with Crippen molar-refractivity contribution in [2.45, 2.75) is 20.8 Å². The number of rotatable bonds is 1. The largest absolute Gasteiger partial charge is 0.239 e. The molecule has 0 saturated carbocycles. The molecule has 0 aliphatic carbocycles. The second-order valence-corrected chi connectivity index (χ2v) is 3.42. The Bertz CT molecular complexity index is 222. The number of hydrogen-bond acceptors (Lipinski definition) is 3. The van der Waals surface area contributed by atoms with Crippen molar-refractivity contribution in [3.8, 4) is 0 Å². The lowest BCUT2D eigenvalue weighted by Crippen LogP contribution is -1.97. The average Bonchev–Trinajstić information content (AvgIpc) is 1.88. The molecular formula is C7H10N2S. The molecule has 0 aromatic rings. The summed E-state index contributed by atoms with van der Waals surface area (Å²) >= 11 is 1.38. The van der Waals surface area contributed by atoms with Crippen LogP contribution in [0, 0.1) is 5.92 Å². The van der Waals surface area contributed by atoms with Gasteiger partial charge in [-0.15, -0.1) is 0 Å². The molecule has 3 heteroatoms. The quantitative estimate of drug-likeness (QED) is 0.532. The van der Waals surface area contributed by atoms with Crippen molar-refractivity contribution in [1.29, 1.82) is 0 Å². The van der Waals surface area contributed by atoms with Gasteiger partial charge in [-0.1, -0.05) is 13.8 Å². The van der Waals surface area contributed by atoms with Crippen LogP contribution in [-0.2, 0) is 0 Å². The summed E-state index contributed by atoms with van der Waals surface area (Å²) < 4.78 is 3.96. The lowest BCUT2D eigenvalue weighted by atomic mass is 10.2. The van der Waals surface area contributed by atoms with Crippen molar-refractivity contribution in [3.05, 3.63) is 5.70 Å². The molecule has 0 aromatic carbocycles. The van der Waals surface area contributed by atoms with Gasteiger partial charge in [-0.05, 0) is 6.92 Å². The second-order valence-electron chi connectivity index (χ2n) is 2.47. The van der Waals surface area contributed by atoms with E-state index in [1.165, 1.54) is 11.9 Å². The molecule has 1 rings (SSSR count). The highest BCUT2D eigenvalue weighted by Gasteiger charge is 2.04. The van der Waals surface area contributed by atoms with Crippen molar-refractivity contribution in [3.63, 3.8) is 0 Å². The number of allylic oxidation sites excluding steroid dienone is 1. The molecule has 0 N–H and O–H groups in total. The third-order valence-corrected chi connectivity index (χ3v) is 1.70. The fourth-order valence-corrected chi connectivity index (χ4v) is 1.02. The number of aliphatic imine (C=N–C) groups is 1. The molecule has 0 spiro atoms. The van der Waals surface area contributed by atoms with Crippen LogP contribution in [0.4, 0.5) is 0 Å². The zero-order valence-electron chi connectivity index (χ0n) is 6.38. The summed E-state index contributed by atoms with van der Waals surface area (Å²) in [4.78, 5) is 4.27.